The van der Waals surface area contributed by atoms with Gasteiger partial charge in [-0.2, -0.15) is 8.78 Å². The molecule has 0 aliphatic heterocycles. The number of nitrogens with zero attached hydrogens (tertiary/aromatic N) is 2. The Labute approximate surface area is 92.4 Å². The lowest BCUT2D eigenvalue weighted by Crippen LogP contribution is -2.00. The SMILES string of the molecule is CC(C)n1ccnc1SCCC=C(F)F. The predicted molar refractivity (Wildman–Crippen MR) is 58.3 cm³/mol. The van der Waals surface area contributed by atoms with Gasteiger partial charge >= 0.3 is 0 Å². The maximum atomic E-state index is 11.7. The van der Waals surface area contributed by atoms with Crippen LogP contribution in [0.15, 0.2) is 29.7 Å². The van der Waals surface area contributed by atoms with E-state index < -0.39 is 6.08 Å². The molecule has 0 aromatic carbocycles. The minimum Gasteiger partial charge on any atom is -0.324 e. The summed E-state index contributed by atoms with van der Waals surface area (Å²) < 4.78 is 25.5. The Morgan fingerprint density at radius 2 is 2.33 bits per heavy atom. The first-order chi connectivity index (χ1) is 7.11. The number of allylic oxidation sites excluding steroid dienone is 1. The normalized spacial score (nSPS) is 10.7. The van der Waals surface area contributed by atoms with Crippen LogP contribution in [-0.4, -0.2) is 15.3 Å². The van der Waals surface area contributed by atoms with Crippen molar-refractivity contribution in [2.45, 2.75) is 31.5 Å². The average molecular weight is 232 g/mol. The Hall–Kier alpha value is -0.840. The van der Waals surface area contributed by atoms with E-state index in [0.29, 0.717) is 18.2 Å². The number of hydrogen-bond donors (Lipinski definition) is 0. The van der Waals surface area contributed by atoms with Crippen LogP contribution in [0, 0.1) is 0 Å². The van der Waals surface area contributed by atoms with Crippen molar-refractivity contribution in [3.63, 3.8) is 0 Å². The van der Waals surface area contributed by atoms with Gasteiger partial charge in [-0.25, -0.2) is 4.98 Å². The monoisotopic (exact) mass is 232 g/mol. The third kappa shape index (κ3) is 4.03. The molecule has 2 nitrogen and oxygen atoms in total. The first-order valence-corrected chi connectivity index (χ1v) is 5.76. The number of aromatic nitrogens is 2. The van der Waals surface area contributed by atoms with Gasteiger partial charge < -0.3 is 4.57 Å². The average Bonchev–Trinajstić information content (AvgIpc) is 2.60. The lowest BCUT2D eigenvalue weighted by atomic mass is 10.4. The van der Waals surface area contributed by atoms with E-state index in [2.05, 4.69) is 18.8 Å². The Morgan fingerprint density at radius 1 is 1.60 bits per heavy atom. The van der Waals surface area contributed by atoms with Gasteiger partial charge in [-0.1, -0.05) is 11.8 Å². The minimum atomic E-state index is -1.61. The van der Waals surface area contributed by atoms with Crippen LogP contribution in [0.5, 0.6) is 0 Å². The van der Waals surface area contributed by atoms with Crippen LogP contribution in [0.2, 0.25) is 0 Å². The van der Waals surface area contributed by atoms with Gasteiger partial charge in [-0.3, -0.25) is 0 Å². The summed E-state index contributed by atoms with van der Waals surface area (Å²) in [5.41, 5.74) is 0. The highest BCUT2D eigenvalue weighted by atomic mass is 32.2. The highest BCUT2D eigenvalue weighted by Crippen LogP contribution is 2.20. The second-order valence-corrected chi connectivity index (χ2v) is 4.40. The molecule has 0 atom stereocenters. The number of hydrogen-bond acceptors (Lipinski definition) is 2. The van der Waals surface area contributed by atoms with Crippen LogP contribution < -0.4 is 0 Å². The van der Waals surface area contributed by atoms with Crippen molar-refractivity contribution in [1.82, 2.24) is 9.55 Å². The van der Waals surface area contributed by atoms with E-state index >= 15 is 0 Å². The molecular formula is C10H14F2N2S. The Bertz CT molecular complexity index is 330. The number of rotatable bonds is 5. The lowest BCUT2D eigenvalue weighted by Gasteiger charge is -2.09. The summed E-state index contributed by atoms with van der Waals surface area (Å²) in [5.74, 6) is 0.626. The zero-order valence-electron chi connectivity index (χ0n) is 8.78. The van der Waals surface area contributed by atoms with Gasteiger partial charge in [0.25, 0.3) is 6.08 Å². The van der Waals surface area contributed by atoms with Gasteiger partial charge in [0.1, 0.15) is 0 Å². The fraction of sp³-hybridized carbons (Fsp3) is 0.500. The fourth-order valence-corrected chi connectivity index (χ4v) is 2.10. The highest BCUT2D eigenvalue weighted by molar-refractivity contribution is 7.99. The van der Waals surface area contributed by atoms with Crippen molar-refractivity contribution in [3.05, 3.63) is 24.6 Å². The Morgan fingerprint density at radius 3 is 2.93 bits per heavy atom. The van der Waals surface area contributed by atoms with Gasteiger partial charge in [-0.15, -0.1) is 0 Å². The molecule has 0 aliphatic rings. The maximum absolute atomic E-state index is 11.7. The van der Waals surface area contributed by atoms with Crippen molar-refractivity contribution < 1.29 is 8.78 Å². The number of imidazole rings is 1. The lowest BCUT2D eigenvalue weighted by molar-refractivity contribution is 0.418. The minimum absolute atomic E-state index is 0.350. The standard InChI is InChI=1S/C10H14F2N2S/c1-8(2)14-6-5-13-10(14)15-7-3-4-9(11)12/h4-6,8H,3,7H2,1-2H3. The Kier molecular flexibility index (Phi) is 4.81. The number of halogens is 2. The first-order valence-electron chi connectivity index (χ1n) is 4.78. The van der Waals surface area contributed by atoms with Crippen LogP contribution in [0.25, 0.3) is 0 Å². The zero-order valence-corrected chi connectivity index (χ0v) is 9.60. The molecule has 0 bridgehead atoms. The molecule has 1 aromatic heterocycles. The molecule has 0 spiro atoms. The van der Waals surface area contributed by atoms with E-state index in [1.54, 1.807) is 6.20 Å². The van der Waals surface area contributed by atoms with Crippen LogP contribution in [0.4, 0.5) is 8.78 Å². The van der Waals surface area contributed by atoms with Crippen molar-refractivity contribution in [3.8, 4) is 0 Å². The summed E-state index contributed by atoms with van der Waals surface area (Å²) in [7, 11) is 0. The fourth-order valence-electron chi connectivity index (χ4n) is 1.12. The summed E-state index contributed by atoms with van der Waals surface area (Å²) >= 11 is 1.50. The molecule has 0 aliphatic carbocycles. The molecule has 0 N–H and O–H groups in total. The third-order valence-corrected chi connectivity index (χ3v) is 2.85. The molecule has 0 saturated heterocycles. The molecule has 84 valence electrons. The molecular weight excluding hydrogens is 218 g/mol. The van der Waals surface area contributed by atoms with Crippen molar-refractivity contribution in [1.29, 1.82) is 0 Å². The molecule has 0 amide bonds. The smallest absolute Gasteiger partial charge is 0.266 e. The van der Waals surface area contributed by atoms with Gasteiger partial charge in [0.05, 0.1) is 0 Å². The summed E-state index contributed by atoms with van der Waals surface area (Å²) in [6.07, 6.45) is 3.34. The van der Waals surface area contributed by atoms with Gasteiger partial charge in [0.15, 0.2) is 5.16 Å². The van der Waals surface area contributed by atoms with Crippen LogP contribution in [0.1, 0.15) is 26.3 Å². The van der Waals surface area contributed by atoms with E-state index in [9.17, 15) is 8.78 Å². The summed E-state index contributed by atoms with van der Waals surface area (Å²) in [6.45, 7) is 4.12. The topological polar surface area (TPSA) is 17.8 Å². The molecule has 1 rings (SSSR count). The molecule has 0 radical (unpaired) electrons. The second kappa shape index (κ2) is 5.90. The number of thioether (sulfide) groups is 1. The van der Waals surface area contributed by atoms with Gasteiger partial charge in [0.2, 0.25) is 0 Å². The molecule has 5 heteroatoms. The predicted octanol–water partition coefficient (Wildman–Crippen LogP) is 3.73. The summed E-state index contributed by atoms with van der Waals surface area (Å²) in [6, 6.07) is 0.350. The van der Waals surface area contributed by atoms with Crippen molar-refractivity contribution >= 4 is 11.8 Å². The molecule has 1 aromatic rings. The van der Waals surface area contributed by atoms with Crippen LogP contribution >= 0.6 is 11.8 Å². The van der Waals surface area contributed by atoms with Crippen LogP contribution in [0.3, 0.4) is 0 Å². The van der Waals surface area contributed by atoms with Crippen molar-refractivity contribution in [2.24, 2.45) is 0 Å². The van der Waals surface area contributed by atoms with E-state index in [4.69, 9.17) is 0 Å². The van der Waals surface area contributed by atoms with Crippen LogP contribution in [-0.2, 0) is 0 Å². The van der Waals surface area contributed by atoms with E-state index in [-0.39, 0.29) is 0 Å². The summed E-state index contributed by atoms with van der Waals surface area (Å²) in [5, 5.41) is 0.887. The molecule has 0 fully saturated rings. The summed E-state index contributed by atoms with van der Waals surface area (Å²) in [4.78, 5) is 4.17. The van der Waals surface area contributed by atoms with E-state index in [1.165, 1.54) is 11.8 Å². The largest absolute Gasteiger partial charge is 0.324 e. The molecule has 15 heavy (non-hydrogen) atoms. The van der Waals surface area contributed by atoms with Crippen molar-refractivity contribution in [2.75, 3.05) is 5.75 Å². The zero-order chi connectivity index (χ0) is 11.3. The molecule has 0 saturated carbocycles. The highest BCUT2D eigenvalue weighted by Gasteiger charge is 2.05. The second-order valence-electron chi connectivity index (χ2n) is 3.34. The van der Waals surface area contributed by atoms with E-state index in [1.807, 2.05) is 10.8 Å². The Balaban J connectivity index is 2.44. The molecule has 1 heterocycles. The third-order valence-electron chi connectivity index (χ3n) is 1.84. The molecule has 0 unspecified atom stereocenters. The van der Waals surface area contributed by atoms with Gasteiger partial charge in [0, 0.05) is 24.2 Å². The first kappa shape index (κ1) is 12.2. The van der Waals surface area contributed by atoms with E-state index in [0.717, 1.165) is 11.2 Å². The van der Waals surface area contributed by atoms with Gasteiger partial charge in [-0.05, 0) is 26.3 Å². The quantitative estimate of drug-likeness (QED) is 0.568. The maximum Gasteiger partial charge on any atom is 0.266 e.